The van der Waals surface area contributed by atoms with Crippen molar-refractivity contribution in [3.8, 4) is 11.1 Å². The van der Waals surface area contributed by atoms with Crippen LogP contribution < -0.4 is 4.90 Å². The Balaban J connectivity index is 1.40. The van der Waals surface area contributed by atoms with E-state index in [1.54, 1.807) is 10.9 Å². The van der Waals surface area contributed by atoms with Gasteiger partial charge < -0.3 is 9.80 Å². The van der Waals surface area contributed by atoms with Gasteiger partial charge in [-0.1, -0.05) is 18.6 Å². The second-order valence-electron chi connectivity index (χ2n) is 10.2. The molecule has 7 nitrogen and oxygen atoms in total. The predicted octanol–water partition coefficient (Wildman–Crippen LogP) is 4.98. The number of benzene rings is 1. The van der Waals surface area contributed by atoms with E-state index in [9.17, 15) is 9.59 Å². The molecule has 0 amide bonds. The van der Waals surface area contributed by atoms with E-state index in [0.29, 0.717) is 24.8 Å². The molecule has 7 heteroatoms. The number of nitrogens with zero attached hydrogens (tertiary/aromatic N) is 5. The molecule has 192 valence electrons. The molecule has 2 aromatic heterocycles. The Labute approximate surface area is 218 Å². The maximum atomic E-state index is 13.5. The maximum absolute atomic E-state index is 13.5. The minimum atomic E-state index is 0.0256. The Bertz CT molecular complexity index is 1410. The molecule has 1 aliphatic carbocycles. The van der Waals surface area contributed by atoms with Crippen LogP contribution in [0.3, 0.4) is 0 Å². The smallest absolute Gasteiger partial charge is 0.163 e. The third-order valence-electron chi connectivity index (χ3n) is 7.71. The zero-order valence-corrected chi connectivity index (χ0v) is 22.3. The molecule has 1 aromatic carbocycles. The largest absolute Gasteiger partial charge is 0.354 e. The molecule has 0 N–H and O–H groups in total. The third kappa shape index (κ3) is 5.14. The first-order valence-corrected chi connectivity index (χ1v) is 13.2. The second kappa shape index (κ2) is 10.4. The van der Waals surface area contributed by atoms with Gasteiger partial charge in [0.1, 0.15) is 5.82 Å². The first-order chi connectivity index (χ1) is 17.8. The van der Waals surface area contributed by atoms with Crippen molar-refractivity contribution in [3.05, 3.63) is 65.0 Å². The molecule has 1 aliphatic heterocycles. The summed E-state index contributed by atoms with van der Waals surface area (Å²) in [7, 11) is 1.89. The summed E-state index contributed by atoms with van der Waals surface area (Å²) < 4.78 is 1.80. The Morgan fingerprint density at radius 2 is 1.81 bits per heavy atom. The highest BCUT2D eigenvalue weighted by molar-refractivity contribution is 6.09. The van der Waals surface area contributed by atoms with Crippen molar-refractivity contribution in [2.24, 2.45) is 7.05 Å². The number of ketones is 2. The highest BCUT2D eigenvalue weighted by Gasteiger charge is 2.21. The SMILES string of the molecule is CCN1CCN(c2ccc(-c3cc(C(=O)CCC4=C(C)C=C(C)CC4=O)c4cnn(C)c4c3)cn2)CC1. The van der Waals surface area contributed by atoms with Crippen LogP contribution in [-0.4, -0.2) is 64.0 Å². The van der Waals surface area contributed by atoms with Crippen LogP contribution in [0.5, 0.6) is 0 Å². The number of rotatable bonds is 7. The first kappa shape index (κ1) is 25.1. The first-order valence-electron chi connectivity index (χ1n) is 13.2. The van der Waals surface area contributed by atoms with Crippen molar-refractivity contribution in [2.75, 3.05) is 37.6 Å². The lowest BCUT2D eigenvalue weighted by atomic mass is 9.88. The van der Waals surface area contributed by atoms with Gasteiger partial charge in [0.2, 0.25) is 0 Å². The molecule has 0 unspecified atom stereocenters. The molecule has 0 spiro atoms. The van der Waals surface area contributed by atoms with Gasteiger partial charge in [0.05, 0.1) is 11.7 Å². The second-order valence-corrected chi connectivity index (χ2v) is 10.2. The van der Waals surface area contributed by atoms with Gasteiger partial charge in [-0.2, -0.15) is 5.10 Å². The lowest BCUT2D eigenvalue weighted by molar-refractivity contribution is -0.115. The number of allylic oxidation sites excluding steroid dienone is 4. The van der Waals surface area contributed by atoms with Crippen LogP contribution in [0, 0.1) is 0 Å². The van der Waals surface area contributed by atoms with E-state index in [2.05, 4.69) is 46.1 Å². The molecule has 2 aliphatic rings. The van der Waals surface area contributed by atoms with Gasteiger partial charge in [0.25, 0.3) is 0 Å². The Hall–Kier alpha value is -3.58. The minimum Gasteiger partial charge on any atom is -0.354 e. The molecule has 3 aromatic rings. The molecule has 3 heterocycles. The maximum Gasteiger partial charge on any atom is 0.163 e. The van der Waals surface area contributed by atoms with Gasteiger partial charge in [-0.25, -0.2) is 4.98 Å². The van der Waals surface area contributed by atoms with Crippen molar-refractivity contribution < 1.29 is 9.59 Å². The number of pyridine rings is 1. The lowest BCUT2D eigenvalue weighted by Crippen LogP contribution is -2.46. The number of carbonyl (C=O) groups excluding carboxylic acids is 2. The lowest BCUT2D eigenvalue weighted by Gasteiger charge is -2.34. The molecule has 5 rings (SSSR count). The van der Waals surface area contributed by atoms with Crippen molar-refractivity contribution >= 4 is 28.3 Å². The van der Waals surface area contributed by atoms with Crippen LogP contribution in [0.25, 0.3) is 22.0 Å². The van der Waals surface area contributed by atoms with Gasteiger partial charge in [-0.05, 0) is 67.8 Å². The molecular weight excluding hydrogens is 462 g/mol. The minimum absolute atomic E-state index is 0.0256. The monoisotopic (exact) mass is 497 g/mol. The summed E-state index contributed by atoms with van der Waals surface area (Å²) in [5.41, 5.74) is 6.29. The zero-order valence-electron chi connectivity index (χ0n) is 22.3. The molecule has 0 bridgehead atoms. The number of likely N-dealkylation sites (N-methyl/N-ethyl adjacent to an activating group) is 1. The number of piperazine rings is 1. The third-order valence-corrected chi connectivity index (χ3v) is 7.71. The van der Waals surface area contributed by atoms with Crippen LogP contribution in [0.15, 0.2) is 59.5 Å². The van der Waals surface area contributed by atoms with Crippen LogP contribution >= 0.6 is 0 Å². The van der Waals surface area contributed by atoms with Crippen molar-refractivity contribution in [1.82, 2.24) is 19.7 Å². The zero-order chi connectivity index (χ0) is 26.1. The number of anilines is 1. The summed E-state index contributed by atoms with van der Waals surface area (Å²) in [5, 5.41) is 5.25. The summed E-state index contributed by atoms with van der Waals surface area (Å²) in [6.45, 7) is 11.3. The van der Waals surface area contributed by atoms with Crippen LogP contribution in [0.1, 0.15) is 50.4 Å². The van der Waals surface area contributed by atoms with Gasteiger partial charge in [0.15, 0.2) is 11.6 Å². The number of carbonyl (C=O) groups is 2. The highest BCUT2D eigenvalue weighted by atomic mass is 16.1. The van der Waals surface area contributed by atoms with Crippen molar-refractivity contribution in [3.63, 3.8) is 0 Å². The Kier molecular flexibility index (Phi) is 7.07. The van der Waals surface area contributed by atoms with Crippen LogP contribution in [0.2, 0.25) is 0 Å². The van der Waals surface area contributed by atoms with Gasteiger partial charge in [0, 0.05) is 68.8 Å². The Morgan fingerprint density at radius 3 is 2.49 bits per heavy atom. The summed E-state index contributed by atoms with van der Waals surface area (Å²) in [6.07, 6.45) is 6.91. The molecule has 0 saturated carbocycles. The molecule has 0 atom stereocenters. The van der Waals surface area contributed by atoms with E-state index >= 15 is 0 Å². The van der Waals surface area contributed by atoms with Crippen molar-refractivity contribution in [2.45, 2.75) is 40.0 Å². The molecule has 1 saturated heterocycles. The normalized spacial score (nSPS) is 17.0. The number of fused-ring (bicyclic) bond motifs is 1. The average Bonchev–Trinajstić information content (AvgIpc) is 3.28. The van der Waals surface area contributed by atoms with E-state index in [1.807, 2.05) is 33.2 Å². The molecule has 1 fully saturated rings. The van der Waals surface area contributed by atoms with Gasteiger partial charge in [-0.3, -0.25) is 14.3 Å². The molecular formula is C30H35N5O2. The standard InChI is InChI=1S/C30H35N5O2/c1-5-34-10-12-35(13-11-34)30-9-6-22(18-31-30)23-16-25(26-19-32-33(4)27(26)17-23)28(36)8-7-24-21(3)14-20(2)15-29(24)37/h6,9,14,16-19H,5,7-8,10-13,15H2,1-4H3. The predicted molar refractivity (Wildman–Crippen MR) is 148 cm³/mol. The average molecular weight is 498 g/mol. The summed E-state index contributed by atoms with van der Waals surface area (Å²) in [6, 6.07) is 8.19. The quantitative estimate of drug-likeness (QED) is 0.429. The summed E-state index contributed by atoms with van der Waals surface area (Å²) >= 11 is 0. The number of hydrogen-bond donors (Lipinski definition) is 0. The number of aryl methyl sites for hydroxylation is 1. The van der Waals surface area contributed by atoms with E-state index < -0.39 is 0 Å². The van der Waals surface area contributed by atoms with E-state index in [4.69, 9.17) is 4.98 Å². The fraction of sp³-hybridized carbons (Fsp3) is 0.400. The fourth-order valence-corrected chi connectivity index (χ4v) is 5.48. The van der Waals surface area contributed by atoms with E-state index in [-0.39, 0.29) is 11.6 Å². The fourth-order valence-electron chi connectivity index (χ4n) is 5.48. The van der Waals surface area contributed by atoms with Crippen LogP contribution in [-0.2, 0) is 11.8 Å². The topological polar surface area (TPSA) is 71.3 Å². The molecule has 0 radical (unpaired) electrons. The van der Waals surface area contributed by atoms with Crippen LogP contribution in [0.4, 0.5) is 5.82 Å². The number of Topliss-reactive ketones (excluding diaryl/α,β-unsaturated/α-hetero) is 2. The van der Waals surface area contributed by atoms with Gasteiger partial charge in [-0.15, -0.1) is 0 Å². The molecule has 37 heavy (non-hydrogen) atoms. The number of aromatic nitrogens is 3. The highest BCUT2D eigenvalue weighted by Crippen LogP contribution is 2.31. The van der Waals surface area contributed by atoms with E-state index in [0.717, 1.165) is 77.3 Å². The summed E-state index contributed by atoms with van der Waals surface area (Å²) in [5.74, 6) is 1.15. The van der Waals surface area contributed by atoms with Gasteiger partial charge >= 0.3 is 0 Å². The van der Waals surface area contributed by atoms with Crippen molar-refractivity contribution in [1.29, 1.82) is 0 Å². The summed E-state index contributed by atoms with van der Waals surface area (Å²) in [4.78, 5) is 35.6. The van der Waals surface area contributed by atoms with E-state index in [1.165, 1.54) is 0 Å². The number of hydrogen-bond acceptors (Lipinski definition) is 6. The Morgan fingerprint density at radius 1 is 1.03 bits per heavy atom.